The maximum atomic E-state index is 12.5. The molecule has 1 saturated heterocycles. The van der Waals surface area contributed by atoms with Crippen molar-refractivity contribution in [2.24, 2.45) is 5.92 Å². The summed E-state index contributed by atoms with van der Waals surface area (Å²) in [6.07, 6.45) is 1.45. The Morgan fingerprint density at radius 2 is 2.26 bits per heavy atom. The first-order valence-corrected chi connectivity index (χ1v) is 7.06. The molecule has 0 aliphatic carbocycles. The molecule has 0 bridgehead atoms. The molecule has 1 N–H and O–H groups in total. The number of hydrogen-bond donors (Lipinski definition) is 1. The lowest BCUT2D eigenvalue weighted by atomic mass is 10.1. The molecule has 0 radical (unpaired) electrons. The first kappa shape index (κ1) is 13.9. The number of carboxylic acid groups (broad SMARTS) is 1. The van der Waals surface area contributed by atoms with Gasteiger partial charge in [0.2, 0.25) is 5.76 Å². The molecule has 2 heterocycles. The van der Waals surface area contributed by atoms with E-state index in [1.54, 1.807) is 6.92 Å². The Kier molecular flexibility index (Phi) is 3.84. The van der Waals surface area contributed by atoms with Crippen LogP contribution in [0.2, 0.25) is 0 Å². The number of aryl methyl sites for hydroxylation is 1. The van der Waals surface area contributed by atoms with Crippen molar-refractivity contribution in [3.05, 3.63) is 17.5 Å². The van der Waals surface area contributed by atoms with Gasteiger partial charge in [-0.05, 0) is 12.8 Å². The van der Waals surface area contributed by atoms with E-state index in [4.69, 9.17) is 4.52 Å². The Morgan fingerprint density at radius 3 is 2.74 bits per heavy atom. The first-order valence-electron chi connectivity index (χ1n) is 6.01. The summed E-state index contributed by atoms with van der Waals surface area (Å²) in [6.45, 7) is 5.65. The van der Waals surface area contributed by atoms with E-state index in [0.29, 0.717) is 11.3 Å². The largest absolute Gasteiger partial charge is 0.480 e. The molecule has 2 unspecified atom stereocenters. The smallest absolute Gasteiger partial charge is 0.327 e. The molecular weight excluding hydrogens is 268 g/mol. The Labute approximate surface area is 115 Å². The Bertz CT molecular complexity index is 500. The molecule has 1 aliphatic heterocycles. The minimum absolute atomic E-state index is 0.124. The van der Waals surface area contributed by atoms with Crippen LogP contribution < -0.4 is 0 Å². The molecule has 7 heteroatoms. The van der Waals surface area contributed by atoms with Crippen LogP contribution in [0.5, 0.6) is 0 Å². The van der Waals surface area contributed by atoms with Gasteiger partial charge in [-0.1, -0.05) is 19.0 Å². The Morgan fingerprint density at radius 1 is 1.58 bits per heavy atom. The van der Waals surface area contributed by atoms with Crippen molar-refractivity contribution < 1.29 is 19.2 Å². The molecule has 2 atom stereocenters. The van der Waals surface area contributed by atoms with Gasteiger partial charge in [0.25, 0.3) is 5.91 Å². The number of aromatic nitrogens is 1. The molecule has 0 spiro atoms. The number of rotatable bonds is 3. The monoisotopic (exact) mass is 284 g/mol. The number of carboxylic acids is 1. The lowest BCUT2D eigenvalue weighted by Crippen LogP contribution is -2.47. The summed E-state index contributed by atoms with van der Waals surface area (Å²) in [5.74, 6) is -0.690. The lowest BCUT2D eigenvalue weighted by Gasteiger charge is -2.28. The molecule has 1 amide bonds. The third-order valence-electron chi connectivity index (χ3n) is 3.07. The molecule has 104 valence electrons. The second-order valence-corrected chi connectivity index (χ2v) is 6.02. The zero-order chi connectivity index (χ0) is 14.2. The predicted octanol–water partition coefficient (Wildman–Crippen LogP) is 1.61. The van der Waals surface area contributed by atoms with Crippen molar-refractivity contribution in [2.75, 3.05) is 5.75 Å². The normalized spacial score (nSPS) is 23.1. The molecule has 19 heavy (non-hydrogen) atoms. The topological polar surface area (TPSA) is 83.6 Å². The molecular formula is C12H16N2O4S. The fraction of sp³-hybridized carbons (Fsp3) is 0.583. The van der Waals surface area contributed by atoms with Crippen LogP contribution in [-0.4, -0.2) is 44.2 Å². The minimum Gasteiger partial charge on any atom is -0.480 e. The number of aliphatic carboxylic acids is 1. The van der Waals surface area contributed by atoms with Crippen molar-refractivity contribution in [2.45, 2.75) is 32.2 Å². The summed E-state index contributed by atoms with van der Waals surface area (Å²) < 4.78 is 4.95. The molecule has 1 aliphatic rings. The van der Waals surface area contributed by atoms with Crippen molar-refractivity contribution in [1.29, 1.82) is 0 Å². The summed E-state index contributed by atoms with van der Waals surface area (Å²) in [5, 5.41) is 12.7. The maximum absolute atomic E-state index is 12.5. The van der Waals surface area contributed by atoms with E-state index in [1.165, 1.54) is 22.9 Å². The summed E-state index contributed by atoms with van der Waals surface area (Å²) in [4.78, 5) is 25.2. The second kappa shape index (κ2) is 5.24. The Balaban J connectivity index is 2.34. The van der Waals surface area contributed by atoms with E-state index in [9.17, 15) is 14.7 Å². The van der Waals surface area contributed by atoms with Crippen molar-refractivity contribution in [3.63, 3.8) is 0 Å². The molecule has 1 aromatic rings. The molecule has 1 aromatic heterocycles. The van der Waals surface area contributed by atoms with E-state index < -0.39 is 17.9 Å². The first-order chi connectivity index (χ1) is 8.93. The van der Waals surface area contributed by atoms with Crippen LogP contribution in [0.15, 0.2) is 10.7 Å². The number of thioether (sulfide) groups is 1. The standard InChI is InChI=1S/C12H16N2O4S/c1-6(2)11-14(8(5-19-11)12(16)17)10(15)9-7(3)4-13-18-9/h4,6,8,11H,5H2,1-3H3,(H,16,17). The SMILES string of the molecule is Cc1cnoc1C(=O)N1C(C(=O)O)CSC1C(C)C. The second-order valence-electron chi connectivity index (χ2n) is 4.87. The van der Waals surface area contributed by atoms with Gasteiger partial charge in [0, 0.05) is 11.3 Å². The highest BCUT2D eigenvalue weighted by atomic mass is 32.2. The number of nitrogens with zero attached hydrogens (tertiary/aromatic N) is 2. The van der Waals surface area contributed by atoms with E-state index in [2.05, 4.69) is 5.16 Å². The van der Waals surface area contributed by atoms with Gasteiger partial charge in [0.05, 0.1) is 11.6 Å². The van der Waals surface area contributed by atoms with Crippen molar-refractivity contribution >= 4 is 23.6 Å². The van der Waals surface area contributed by atoms with Gasteiger partial charge in [-0.25, -0.2) is 4.79 Å². The summed E-state index contributed by atoms with van der Waals surface area (Å²) >= 11 is 1.49. The van der Waals surface area contributed by atoms with Crippen LogP contribution in [0.1, 0.15) is 30.0 Å². The van der Waals surface area contributed by atoms with Gasteiger partial charge < -0.3 is 14.5 Å². The molecule has 2 rings (SSSR count). The minimum atomic E-state index is -0.985. The van der Waals surface area contributed by atoms with Gasteiger partial charge in [0.1, 0.15) is 6.04 Å². The average Bonchev–Trinajstić information content (AvgIpc) is 2.93. The number of carbonyl (C=O) groups is 2. The number of carbonyl (C=O) groups excluding carboxylic acids is 1. The molecule has 6 nitrogen and oxygen atoms in total. The van der Waals surface area contributed by atoms with E-state index in [-0.39, 0.29) is 17.1 Å². The van der Waals surface area contributed by atoms with E-state index in [1.807, 2.05) is 13.8 Å². The van der Waals surface area contributed by atoms with E-state index >= 15 is 0 Å². The number of hydrogen-bond acceptors (Lipinski definition) is 5. The summed E-state index contributed by atoms with van der Waals surface area (Å²) in [6, 6.07) is -0.811. The fourth-order valence-corrected chi connectivity index (χ4v) is 3.57. The summed E-state index contributed by atoms with van der Waals surface area (Å²) in [5.41, 5.74) is 0.619. The fourth-order valence-electron chi connectivity index (χ4n) is 2.10. The van der Waals surface area contributed by atoms with Gasteiger partial charge in [-0.3, -0.25) is 4.79 Å². The maximum Gasteiger partial charge on any atom is 0.327 e. The van der Waals surface area contributed by atoms with Crippen LogP contribution in [-0.2, 0) is 4.79 Å². The van der Waals surface area contributed by atoms with Crippen LogP contribution in [0, 0.1) is 12.8 Å². The molecule has 0 aromatic carbocycles. The van der Waals surface area contributed by atoms with Crippen LogP contribution in [0.3, 0.4) is 0 Å². The van der Waals surface area contributed by atoms with E-state index in [0.717, 1.165) is 0 Å². The number of amides is 1. The summed E-state index contributed by atoms with van der Waals surface area (Å²) in [7, 11) is 0. The quantitative estimate of drug-likeness (QED) is 0.907. The van der Waals surface area contributed by atoms with Crippen LogP contribution >= 0.6 is 11.8 Å². The predicted molar refractivity (Wildman–Crippen MR) is 69.9 cm³/mol. The Hall–Kier alpha value is -1.50. The van der Waals surface area contributed by atoms with Crippen LogP contribution in [0.4, 0.5) is 0 Å². The highest BCUT2D eigenvalue weighted by Gasteiger charge is 2.44. The lowest BCUT2D eigenvalue weighted by molar-refractivity contribution is -0.141. The van der Waals surface area contributed by atoms with Gasteiger partial charge >= 0.3 is 5.97 Å². The molecule has 1 fully saturated rings. The van der Waals surface area contributed by atoms with Crippen molar-refractivity contribution in [1.82, 2.24) is 10.1 Å². The highest BCUT2D eigenvalue weighted by Crippen LogP contribution is 2.35. The zero-order valence-electron chi connectivity index (χ0n) is 11.0. The van der Waals surface area contributed by atoms with Gasteiger partial charge in [0.15, 0.2) is 0 Å². The van der Waals surface area contributed by atoms with Gasteiger partial charge in [-0.2, -0.15) is 0 Å². The zero-order valence-corrected chi connectivity index (χ0v) is 11.8. The highest BCUT2D eigenvalue weighted by molar-refractivity contribution is 8.00. The van der Waals surface area contributed by atoms with Crippen LogP contribution in [0.25, 0.3) is 0 Å². The van der Waals surface area contributed by atoms with Gasteiger partial charge in [-0.15, -0.1) is 11.8 Å². The third kappa shape index (κ3) is 2.47. The van der Waals surface area contributed by atoms with Crippen molar-refractivity contribution in [3.8, 4) is 0 Å². The third-order valence-corrected chi connectivity index (χ3v) is 4.69. The molecule has 0 saturated carbocycles. The average molecular weight is 284 g/mol.